The van der Waals surface area contributed by atoms with Crippen LogP contribution in [0.1, 0.15) is 97.1 Å². The molecule has 0 amide bonds. The SMILES string of the molecule is CC(C)(C)c1c[c-]c2c(c1)-c1cc(C(C)(C)C)ccc1C2.CC1=[C-]C(C)C=C1C(C)C.Cc1cc[c-]cc1.Cl.Cl.[CH2]=[Zr].[CH3-]. The maximum absolute atomic E-state index is 3.53. The Kier molecular flexibility index (Phi) is 19.4. The molecule has 2 aliphatic rings. The second-order valence-electron chi connectivity index (χ2n) is 13.2. The van der Waals surface area contributed by atoms with Gasteiger partial charge in [-0.2, -0.15) is 76.9 Å². The molecule has 0 N–H and O–H groups in total. The van der Waals surface area contributed by atoms with Crippen molar-refractivity contribution >= 4 is 29.0 Å². The Morgan fingerprint density at radius 1 is 0.837 bits per heavy atom. The number of rotatable bonds is 1. The Balaban J connectivity index is 0. The summed E-state index contributed by atoms with van der Waals surface area (Å²) < 4.78 is 3.34. The number of aryl methyl sites for hydroxylation is 1. The molecule has 0 nitrogen and oxygen atoms in total. The van der Waals surface area contributed by atoms with Crippen LogP contribution in [-0.4, -0.2) is 4.21 Å². The normalized spacial score (nSPS) is 14.2. The Labute approximate surface area is 293 Å². The number of fused-ring (bicyclic) bond motifs is 3. The zero-order valence-corrected chi connectivity index (χ0v) is 32.7. The Morgan fingerprint density at radius 2 is 1.37 bits per heavy atom. The fourth-order valence-corrected chi connectivity index (χ4v) is 4.94. The van der Waals surface area contributed by atoms with E-state index in [4.69, 9.17) is 0 Å². The minimum absolute atomic E-state index is 0. The predicted octanol–water partition coefficient (Wildman–Crippen LogP) is 11.7. The zero-order chi connectivity index (χ0) is 30.3. The summed E-state index contributed by atoms with van der Waals surface area (Å²) >= 11 is 1.30. The van der Waals surface area contributed by atoms with Gasteiger partial charge < -0.3 is 7.43 Å². The third-order valence-electron chi connectivity index (χ3n) is 7.34. The average Bonchev–Trinajstić information content (AvgIpc) is 3.43. The van der Waals surface area contributed by atoms with Crippen LogP contribution in [-0.2, 0) is 41.5 Å². The van der Waals surface area contributed by atoms with E-state index in [1.165, 1.54) is 74.3 Å². The van der Waals surface area contributed by atoms with Crippen LogP contribution in [0.3, 0.4) is 0 Å². The number of hydrogen-bond acceptors (Lipinski definition) is 0. The minimum atomic E-state index is 0. The first-order valence-electron chi connectivity index (χ1n) is 14.5. The zero-order valence-electron chi connectivity index (χ0n) is 28.7. The minimum Gasteiger partial charge on any atom is -0.358 e. The van der Waals surface area contributed by atoms with Gasteiger partial charge in [-0.25, -0.2) is 5.57 Å². The predicted molar refractivity (Wildman–Crippen MR) is 193 cm³/mol. The summed E-state index contributed by atoms with van der Waals surface area (Å²) in [5.41, 5.74) is 12.9. The maximum Gasteiger partial charge on any atom is -0.358 e. The molecule has 1 unspecified atom stereocenters. The number of benzene rings is 3. The topological polar surface area (TPSA) is 0 Å². The van der Waals surface area contributed by atoms with E-state index in [-0.39, 0.29) is 43.1 Å². The van der Waals surface area contributed by atoms with Gasteiger partial charge in [0.25, 0.3) is 0 Å². The van der Waals surface area contributed by atoms with Gasteiger partial charge in [0.05, 0.1) is 0 Å². The molecule has 43 heavy (non-hydrogen) atoms. The van der Waals surface area contributed by atoms with E-state index in [2.05, 4.69) is 135 Å². The summed E-state index contributed by atoms with van der Waals surface area (Å²) in [6.45, 7) is 24.5. The summed E-state index contributed by atoms with van der Waals surface area (Å²) in [5, 5.41) is 0. The fraction of sp³-hybridized carbons (Fsp3) is 0.400. The van der Waals surface area contributed by atoms with Crippen LogP contribution in [0.15, 0.2) is 71.8 Å². The van der Waals surface area contributed by atoms with E-state index in [9.17, 15) is 0 Å². The van der Waals surface area contributed by atoms with Crippen LogP contribution in [0.5, 0.6) is 0 Å². The van der Waals surface area contributed by atoms with Gasteiger partial charge in [-0.05, 0) is 17.4 Å². The van der Waals surface area contributed by atoms with Crippen LogP contribution in [0.2, 0.25) is 0 Å². The molecule has 0 bridgehead atoms. The van der Waals surface area contributed by atoms with Crippen molar-refractivity contribution in [1.82, 2.24) is 0 Å². The van der Waals surface area contributed by atoms with E-state index < -0.39 is 0 Å². The van der Waals surface area contributed by atoms with Crippen LogP contribution in [0, 0.1) is 44.4 Å². The van der Waals surface area contributed by atoms with Gasteiger partial charge >= 0.3 is 28.4 Å². The smallest absolute Gasteiger partial charge is 0.358 e. The van der Waals surface area contributed by atoms with Crippen molar-refractivity contribution in [1.29, 1.82) is 0 Å². The second kappa shape index (κ2) is 19.1. The molecule has 3 heteroatoms. The van der Waals surface area contributed by atoms with Crippen LogP contribution in [0.25, 0.3) is 11.1 Å². The van der Waals surface area contributed by atoms with Gasteiger partial charge in [0.1, 0.15) is 0 Å². The third kappa shape index (κ3) is 12.8. The van der Waals surface area contributed by atoms with Gasteiger partial charge in [-0.15, -0.1) is 30.4 Å². The molecule has 3 aromatic carbocycles. The number of halogens is 2. The Bertz CT molecular complexity index is 1260. The molecule has 0 spiro atoms. The molecule has 3 aromatic rings. The molecule has 0 radical (unpaired) electrons. The fourth-order valence-electron chi connectivity index (χ4n) is 4.94. The Morgan fingerprint density at radius 3 is 1.77 bits per heavy atom. The summed E-state index contributed by atoms with van der Waals surface area (Å²) in [6.07, 6.45) is 6.71. The first-order chi connectivity index (χ1) is 18.7. The molecule has 5 rings (SSSR count). The summed E-state index contributed by atoms with van der Waals surface area (Å²) in [4.78, 5) is 0. The molecular formula is C40H54Cl2Zr-4. The quantitative estimate of drug-likeness (QED) is 0.174. The van der Waals surface area contributed by atoms with Crippen molar-refractivity contribution in [2.45, 2.75) is 93.4 Å². The van der Waals surface area contributed by atoms with E-state index in [1.54, 1.807) is 0 Å². The van der Waals surface area contributed by atoms with Crippen LogP contribution < -0.4 is 0 Å². The van der Waals surface area contributed by atoms with Crippen molar-refractivity contribution in [2.75, 3.05) is 0 Å². The van der Waals surface area contributed by atoms with Crippen molar-refractivity contribution in [3.8, 4) is 11.1 Å². The average molecular weight is 697 g/mol. The van der Waals surface area contributed by atoms with Crippen molar-refractivity contribution in [2.24, 2.45) is 11.8 Å². The summed E-state index contributed by atoms with van der Waals surface area (Å²) in [5.74, 6) is 1.20. The Hall–Kier alpha value is -1.53. The molecule has 2 aliphatic carbocycles. The molecule has 0 aliphatic heterocycles. The van der Waals surface area contributed by atoms with Gasteiger partial charge in [0.2, 0.25) is 0 Å². The molecule has 0 fully saturated rings. The van der Waals surface area contributed by atoms with Gasteiger partial charge in [0.15, 0.2) is 0 Å². The first kappa shape index (κ1) is 43.6. The van der Waals surface area contributed by atoms with Crippen molar-refractivity contribution < 1.29 is 24.2 Å². The molecule has 236 valence electrons. The summed E-state index contributed by atoms with van der Waals surface area (Å²) in [6, 6.07) is 25.9. The summed E-state index contributed by atoms with van der Waals surface area (Å²) in [7, 11) is 0. The molecular weight excluding hydrogens is 643 g/mol. The van der Waals surface area contributed by atoms with Crippen LogP contribution >= 0.6 is 24.8 Å². The van der Waals surface area contributed by atoms with E-state index >= 15 is 0 Å². The largest absolute Gasteiger partial charge is 0.358 e. The van der Waals surface area contributed by atoms with Crippen molar-refractivity contribution in [3.63, 3.8) is 0 Å². The molecule has 0 saturated carbocycles. The van der Waals surface area contributed by atoms with E-state index in [0.29, 0.717) is 11.8 Å². The standard InChI is InChI=1S/C21H25.C10H15.C7H7.CH3.CH2.2ClH.Zr/c1-20(2,3)16-9-7-14-11-15-8-10-17(21(4,5)6)13-19(15)18(14)12-16;1-7(2)10-6-8(3)5-9(10)4;1-7-5-3-2-4-6-7;;;;;/h7,9-10,12-13H,11H2,1-6H3;6-8H,1-4H3;3-6H,1H3;1H3;1H2;2*1H;/q4*-1;;;;. The second-order valence-corrected chi connectivity index (χ2v) is 13.2. The molecule has 0 aromatic heterocycles. The van der Waals surface area contributed by atoms with Crippen LogP contribution in [0.4, 0.5) is 0 Å². The van der Waals surface area contributed by atoms with Gasteiger partial charge in [-0.3, -0.25) is 6.08 Å². The van der Waals surface area contributed by atoms with E-state index in [1.807, 2.05) is 24.3 Å². The molecule has 0 saturated heterocycles. The number of hydrogen-bond donors (Lipinski definition) is 0. The first-order valence-corrected chi connectivity index (χ1v) is 16.2. The monoisotopic (exact) mass is 694 g/mol. The number of allylic oxidation sites excluding steroid dienone is 4. The maximum atomic E-state index is 3.53. The van der Waals surface area contributed by atoms with Gasteiger partial charge in [0, 0.05) is 0 Å². The van der Waals surface area contributed by atoms with Gasteiger partial charge in [-0.1, -0.05) is 123 Å². The molecule has 0 heterocycles. The third-order valence-corrected chi connectivity index (χ3v) is 7.34. The molecule has 1 atom stereocenters. The van der Waals surface area contributed by atoms with Crippen molar-refractivity contribution in [3.05, 3.63) is 125 Å². The van der Waals surface area contributed by atoms with E-state index in [0.717, 1.165) is 6.42 Å².